The molecule has 20 heavy (non-hydrogen) atoms. The average molecular weight is 372 g/mol. The first-order valence-corrected chi connectivity index (χ1v) is 8.09. The van der Waals surface area contributed by atoms with Gasteiger partial charge in [-0.2, -0.15) is 0 Å². The Morgan fingerprint density at radius 2 is 1.70 bits per heavy atom. The molecule has 1 aromatic heterocycles. The first-order valence-electron chi connectivity index (χ1n) is 5.09. The van der Waals surface area contributed by atoms with Gasteiger partial charge < -0.3 is 0 Å². The molecule has 4 nitrogen and oxygen atoms in total. The second-order valence-electron chi connectivity index (χ2n) is 3.65. The molecule has 2 aromatic rings. The molecule has 2 rings (SSSR count). The lowest BCUT2D eigenvalue weighted by Crippen LogP contribution is -2.14. The molecule has 0 spiro atoms. The predicted octanol–water partition coefficient (Wildman–Crippen LogP) is 4.50. The van der Waals surface area contributed by atoms with E-state index in [1.807, 2.05) is 0 Å². The van der Waals surface area contributed by atoms with Gasteiger partial charge in [-0.05, 0) is 30.3 Å². The molecule has 9 heteroatoms. The summed E-state index contributed by atoms with van der Waals surface area (Å²) < 4.78 is 26.7. The zero-order valence-corrected chi connectivity index (χ0v) is 13.4. The molecular weight excluding hydrogens is 366 g/mol. The summed E-state index contributed by atoms with van der Waals surface area (Å²) in [4.78, 5) is 3.48. The molecule has 0 fully saturated rings. The van der Waals surface area contributed by atoms with E-state index in [4.69, 9.17) is 46.4 Å². The minimum atomic E-state index is -3.93. The standard InChI is InChI=1S/C11H6Cl4N2O2S/c12-6-1-2-8(7(13)5-6)17-20(18,19)9-3-4-10(14)16-11(9)15/h1-5,17H. The van der Waals surface area contributed by atoms with E-state index in [-0.39, 0.29) is 25.9 Å². The van der Waals surface area contributed by atoms with Gasteiger partial charge >= 0.3 is 0 Å². The normalized spacial score (nSPS) is 11.4. The van der Waals surface area contributed by atoms with E-state index < -0.39 is 10.0 Å². The second-order valence-corrected chi connectivity index (χ2v) is 6.89. The summed E-state index contributed by atoms with van der Waals surface area (Å²) in [6.07, 6.45) is 0. The highest BCUT2D eigenvalue weighted by molar-refractivity contribution is 7.92. The maximum atomic E-state index is 12.2. The van der Waals surface area contributed by atoms with Gasteiger partial charge in [-0.25, -0.2) is 13.4 Å². The third-order valence-corrected chi connectivity index (χ3v) is 4.80. The van der Waals surface area contributed by atoms with Gasteiger partial charge in [0.25, 0.3) is 10.0 Å². The summed E-state index contributed by atoms with van der Waals surface area (Å²) in [5.41, 5.74) is 0.182. The second kappa shape index (κ2) is 5.95. The summed E-state index contributed by atoms with van der Waals surface area (Å²) >= 11 is 23.0. The summed E-state index contributed by atoms with van der Waals surface area (Å²) in [5.74, 6) is 0. The van der Waals surface area contributed by atoms with Gasteiger partial charge in [0.05, 0.1) is 10.7 Å². The molecule has 1 N–H and O–H groups in total. The fraction of sp³-hybridized carbons (Fsp3) is 0. The molecule has 1 aromatic carbocycles. The fourth-order valence-corrected chi connectivity index (χ4v) is 3.63. The molecule has 0 bridgehead atoms. The van der Waals surface area contributed by atoms with Crippen LogP contribution < -0.4 is 4.72 Å². The third kappa shape index (κ3) is 3.48. The number of anilines is 1. The van der Waals surface area contributed by atoms with E-state index in [0.29, 0.717) is 5.02 Å². The molecular formula is C11H6Cl4N2O2S. The van der Waals surface area contributed by atoms with Crippen molar-refractivity contribution in [3.8, 4) is 0 Å². The summed E-state index contributed by atoms with van der Waals surface area (Å²) in [7, 11) is -3.93. The molecule has 0 aliphatic rings. The Morgan fingerprint density at radius 1 is 1.00 bits per heavy atom. The quantitative estimate of drug-likeness (QED) is 0.808. The van der Waals surface area contributed by atoms with Crippen molar-refractivity contribution in [1.82, 2.24) is 4.98 Å². The van der Waals surface area contributed by atoms with Crippen molar-refractivity contribution in [1.29, 1.82) is 0 Å². The van der Waals surface area contributed by atoms with Crippen LogP contribution in [0.1, 0.15) is 0 Å². The lowest BCUT2D eigenvalue weighted by atomic mass is 10.3. The van der Waals surface area contributed by atoms with Crippen molar-refractivity contribution in [3.05, 3.63) is 50.7 Å². The van der Waals surface area contributed by atoms with Crippen molar-refractivity contribution in [2.45, 2.75) is 4.90 Å². The molecule has 106 valence electrons. The largest absolute Gasteiger partial charge is 0.278 e. The highest BCUT2D eigenvalue weighted by atomic mass is 35.5. The monoisotopic (exact) mass is 370 g/mol. The van der Waals surface area contributed by atoms with Crippen LogP contribution in [0.3, 0.4) is 0 Å². The Balaban J connectivity index is 2.41. The van der Waals surface area contributed by atoms with E-state index in [1.165, 1.54) is 30.3 Å². The van der Waals surface area contributed by atoms with Gasteiger partial charge in [-0.15, -0.1) is 0 Å². The number of nitrogens with one attached hydrogen (secondary N) is 1. The van der Waals surface area contributed by atoms with E-state index in [9.17, 15) is 8.42 Å². The summed E-state index contributed by atoms with van der Waals surface area (Å²) in [6, 6.07) is 6.95. The van der Waals surface area contributed by atoms with Gasteiger partial charge in [-0.1, -0.05) is 46.4 Å². The maximum Gasteiger partial charge on any atom is 0.265 e. The SMILES string of the molecule is O=S(=O)(Nc1ccc(Cl)cc1Cl)c1ccc(Cl)nc1Cl. The number of hydrogen-bond donors (Lipinski definition) is 1. The van der Waals surface area contributed by atoms with Gasteiger partial charge in [0.1, 0.15) is 10.0 Å². The summed E-state index contributed by atoms with van der Waals surface area (Å²) in [6.45, 7) is 0. The van der Waals surface area contributed by atoms with Crippen molar-refractivity contribution < 1.29 is 8.42 Å². The van der Waals surface area contributed by atoms with Gasteiger partial charge in [-0.3, -0.25) is 4.72 Å². The lowest BCUT2D eigenvalue weighted by Gasteiger charge is -2.10. The van der Waals surface area contributed by atoms with Gasteiger partial charge in [0.15, 0.2) is 5.15 Å². The Hall–Kier alpha value is -0.720. The highest BCUT2D eigenvalue weighted by Crippen LogP contribution is 2.29. The Bertz CT molecular complexity index is 765. The fourth-order valence-electron chi connectivity index (χ4n) is 1.37. The van der Waals surface area contributed by atoms with E-state index >= 15 is 0 Å². The van der Waals surface area contributed by atoms with Crippen molar-refractivity contribution >= 4 is 62.1 Å². The van der Waals surface area contributed by atoms with E-state index in [2.05, 4.69) is 9.71 Å². The average Bonchev–Trinajstić information content (AvgIpc) is 2.32. The molecule has 0 radical (unpaired) electrons. The van der Waals surface area contributed by atoms with Crippen molar-refractivity contribution in [3.63, 3.8) is 0 Å². The lowest BCUT2D eigenvalue weighted by molar-refractivity contribution is 0.601. The molecule has 0 amide bonds. The van der Waals surface area contributed by atoms with Crippen LogP contribution in [0.25, 0.3) is 0 Å². The minimum absolute atomic E-state index is 0.0958. The van der Waals surface area contributed by atoms with Crippen LogP contribution in [0.4, 0.5) is 5.69 Å². The maximum absolute atomic E-state index is 12.2. The van der Waals surface area contributed by atoms with Crippen LogP contribution in [0.2, 0.25) is 20.4 Å². The van der Waals surface area contributed by atoms with Crippen LogP contribution in [0, 0.1) is 0 Å². The Morgan fingerprint density at radius 3 is 2.30 bits per heavy atom. The smallest absolute Gasteiger partial charge is 0.265 e. The highest BCUT2D eigenvalue weighted by Gasteiger charge is 2.20. The number of pyridine rings is 1. The molecule has 1 heterocycles. The zero-order valence-electron chi connectivity index (χ0n) is 9.57. The summed E-state index contributed by atoms with van der Waals surface area (Å²) in [5, 5.41) is 0.428. The van der Waals surface area contributed by atoms with Crippen molar-refractivity contribution in [2.24, 2.45) is 0 Å². The molecule has 0 atom stereocenters. The number of benzene rings is 1. The van der Waals surface area contributed by atoms with E-state index in [1.54, 1.807) is 0 Å². The number of halogens is 4. The number of rotatable bonds is 3. The number of sulfonamides is 1. The van der Waals surface area contributed by atoms with E-state index in [0.717, 1.165) is 0 Å². The Labute approximate surface area is 135 Å². The Kier molecular flexibility index (Phi) is 4.66. The first kappa shape index (κ1) is 15.7. The van der Waals surface area contributed by atoms with Crippen LogP contribution in [-0.2, 0) is 10.0 Å². The van der Waals surface area contributed by atoms with Crippen LogP contribution in [-0.4, -0.2) is 13.4 Å². The zero-order chi connectivity index (χ0) is 14.9. The number of nitrogens with zero attached hydrogens (tertiary/aromatic N) is 1. The third-order valence-electron chi connectivity index (χ3n) is 2.25. The molecule has 0 saturated carbocycles. The van der Waals surface area contributed by atoms with Gasteiger partial charge in [0, 0.05) is 5.02 Å². The molecule has 0 unspecified atom stereocenters. The number of hydrogen-bond acceptors (Lipinski definition) is 3. The minimum Gasteiger partial charge on any atom is -0.278 e. The topological polar surface area (TPSA) is 59.1 Å². The van der Waals surface area contributed by atoms with Crippen LogP contribution >= 0.6 is 46.4 Å². The van der Waals surface area contributed by atoms with Crippen molar-refractivity contribution in [2.75, 3.05) is 4.72 Å². The van der Waals surface area contributed by atoms with Crippen LogP contribution in [0.15, 0.2) is 35.2 Å². The predicted molar refractivity (Wildman–Crippen MR) is 81.5 cm³/mol. The van der Waals surface area contributed by atoms with Gasteiger partial charge in [0.2, 0.25) is 0 Å². The molecule has 0 saturated heterocycles. The first-order chi connectivity index (χ1) is 9.29. The van der Waals surface area contributed by atoms with Crippen LogP contribution in [0.5, 0.6) is 0 Å². The number of aromatic nitrogens is 1. The molecule has 0 aliphatic heterocycles. The molecule has 0 aliphatic carbocycles.